The number of amides is 2. The first-order valence-corrected chi connectivity index (χ1v) is 6.99. The molecule has 3 rings (SSSR count). The van der Waals surface area contributed by atoms with E-state index in [-0.39, 0.29) is 30.7 Å². The van der Waals surface area contributed by atoms with Crippen LogP contribution in [-0.4, -0.2) is 40.1 Å². The Labute approximate surface area is 131 Å². The molecule has 1 atom stereocenters. The van der Waals surface area contributed by atoms with E-state index >= 15 is 0 Å². The molecule has 0 spiro atoms. The molecule has 0 radical (unpaired) electrons. The standard InChI is InChI=1S/C14H16N6O3/c1-23-9-4-2-8(3-5-9)20-12(21)6-10(13(20)22)16-7-11-17-14(15)19-18-11/h2-5,10,16H,6-7H2,1H3,(H3,15,17,18,19)/t10-/m0/s1. The Morgan fingerprint density at radius 2 is 2.13 bits per heavy atom. The van der Waals surface area contributed by atoms with Crippen LogP contribution in [-0.2, 0) is 16.1 Å². The maximum atomic E-state index is 12.4. The first-order chi connectivity index (χ1) is 11.1. The number of ether oxygens (including phenoxy) is 1. The van der Waals surface area contributed by atoms with E-state index in [4.69, 9.17) is 10.5 Å². The lowest BCUT2D eigenvalue weighted by Gasteiger charge is -2.15. The number of nitrogen functional groups attached to an aromatic ring is 1. The van der Waals surface area contributed by atoms with E-state index in [2.05, 4.69) is 20.5 Å². The summed E-state index contributed by atoms with van der Waals surface area (Å²) in [6.07, 6.45) is 0.0917. The van der Waals surface area contributed by atoms with Gasteiger partial charge in [-0.3, -0.25) is 20.0 Å². The van der Waals surface area contributed by atoms with Crippen LogP contribution in [0.2, 0.25) is 0 Å². The molecule has 0 bridgehead atoms. The van der Waals surface area contributed by atoms with Crippen LogP contribution in [0.5, 0.6) is 5.75 Å². The van der Waals surface area contributed by atoms with Crippen molar-refractivity contribution in [2.45, 2.75) is 19.0 Å². The van der Waals surface area contributed by atoms with Crippen LogP contribution in [0.1, 0.15) is 12.2 Å². The van der Waals surface area contributed by atoms with E-state index in [0.717, 1.165) is 0 Å². The number of hydrogen-bond acceptors (Lipinski definition) is 7. The molecule has 2 heterocycles. The third-order valence-electron chi connectivity index (χ3n) is 3.54. The molecule has 1 aliphatic rings. The Hall–Kier alpha value is -2.94. The Morgan fingerprint density at radius 1 is 1.39 bits per heavy atom. The van der Waals surface area contributed by atoms with Gasteiger partial charge in [0, 0.05) is 0 Å². The summed E-state index contributed by atoms with van der Waals surface area (Å²) in [5.74, 6) is 0.744. The summed E-state index contributed by atoms with van der Waals surface area (Å²) >= 11 is 0. The number of aromatic nitrogens is 3. The minimum atomic E-state index is -0.601. The summed E-state index contributed by atoms with van der Waals surface area (Å²) in [4.78, 5) is 29.7. The number of nitrogens with one attached hydrogen (secondary N) is 2. The monoisotopic (exact) mass is 316 g/mol. The van der Waals surface area contributed by atoms with Crippen LogP contribution in [0.25, 0.3) is 0 Å². The third-order valence-corrected chi connectivity index (χ3v) is 3.54. The van der Waals surface area contributed by atoms with Crippen LogP contribution in [0.4, 0.5) is 11.6 Å². The smallest absolute Gasteiger partial charge is 0.251 e. The van der Waals surface area contributed by atoms with E-state index in [9.17, 15) is 9.59 Å². The average Bonchev–Trinajstić information content (AvgIpc) is 3.09. The first kappa shape index (κ1) is 15.0. The molecule has 4 N–H and O–H groups in total. The van der Waals surface area contributed by atoms with Gasteiger partial charge in [-0.05, 0) is 24.3 Å². The number of hydrogen-bond donors (Lipinski definition) is 3. The number of aromatic amines is 1. The second-order valence-corrected chi connectivity index (χ2v) is 5.04. The second-order valence-electron chi connectivity index (χ2n) is 5.04. The third kappa shape index (κ3) is 2.99. The van der Waals surface area contributed by atoms with Gasteiger partial charge in [0.1, 0.15) is 11.6 Å². The fourth-order valence-corrected chi connectivity index (χ4v) is 2.40. The molecule has 1 aromatic heterocycles. The van der Waals surface area contributed by atoms with Gasteiger partial charge in [-0.2, -0.15) is 4.98 Å². The average molecular weight is 316 g/mol. The van der Waals surface area contributed by atoms with E-state index in [1.807, 2.05) is 0 Å². The SMILES string of the molecule is COc1ccc(N2C(=O)C[C@H](NCc3nc(N)n[nH]3)C2=O)cc1. The molecule has 120 valence electrons. The van der Waals surface area contributed by atoms with E-state index in [1.165, 1.54) is 4.90 Å². The molecule has 0 unspecified atom stereocenters. The predicted molar refractivity (Wildman–Crippen MR) is 81.5 cm³/mol. The van der Waals surface area contributed by atoms with Crippen molar-refractivity contribution in [2.75, 3.05) is 17.7 Å². The Bertz CT molecular complexity index is 726. The summed E-state index contributed by atoms with van der Waals surface area (Å²) in [7, 11) is 1.55. The number of benzene rings is 1. The zero-order chi connectivity index (χ0) is 16.4. The van der Waals surface area contributed by atoms with Crippen molar-refractivity contribution in [3.63, 3.8) is 0 Å². The van der Waals surface area contributed by atoms with Crippen LogP contribution < -0.4 is 20.7 Å². The predicted octanol–water partition coefficient (Wildman–Crippen LogP) is -0.183. The largest absolute Gasteiger partial charge is 0.497 e. The molecule has 0 aliphatic carbocycles. The molecular formula is C14H16N6O3. The number of carbonyl (C=O) groups is 2. The molecule has 1 aromatic carbocycles. The summed E-state index contributed by atoms with van der Waals surface area (Å²) in [5.41, 5.74) is 5.93. The highest BCUT2D eigenvalue weighted by Crippen LogP contribution is 2.25. The van der Waals surface area contributed by atoms with Crippen LogP contribution >= 0.6 is 0 Å². The highest BCUT2D eigenvalue weighted by atomic mass is 16.5. The van der Waals surface area contributed by atoms with E-state index < -0.39 is 6.04 Å². The van der Waals surface area contributed by atoms with Crippen molar-refractivity contribution in [1.29, 1.82) is 0 Å². The fourth-order valence-electron chi connectivity index (χ4n) is 2.40. The quantitative estimate of drug-likeness (QED) is 0.653. The number of H-pyrrole nitrogens is 1. The maximum absolute atomic E-state index is 12.4. The number of carbonyl (C=O) groups excluding carboxylic acids is 2. The van der Waals surface area contributed by atoms with Crippen molar-refractivity contribution >= 4 is 23.5 Å². The van der Waals surface area contributed by atoms with Gasteiger partial charge in [-0.25, -0.2) is 4.90 Å². The van der Waals surface area contributed by atoms with Gasteiger partial charge in [0.2, 0.25) is 11.9 Å². The number of methoxy groups -OCH3 is 1. The molecular weight excluding hydrogens is 300 g/mol. The normalized spacial score (nSPS) is 17.8. The van der Waals surface area contributed by atoms with E-state index in [1.54, 1.807) is 31.4 Å². The molecule has 1 aliphatic heterocycles. The Kier molecular flexibility index (Phi) is 3.94. The molecule has 1 saturated heterocycles. The molecule has 0 saturated carbocycles. The molecule has 23 heavy (non-hydrogen) atoms. The molecule has 2 aromatic rings. The van der Waals surface area contributed by atoms with Crippen LogP contribution in [0.15, 0.2) is 24.3 Å². The summed E-state index contributed by atoms with van der Waals surface area (Å²) in [5, 5.41) is 9.33. The lowest BCUT2D eigenvalue weighted by molar-refractivity contribution is -0.121. The van der Waals surface area contributed by atoms with Crippen molar-refractivity contribution < 1.29 is 14.3 Å². The maximum Gasteiger partial charge on any atom is 0.251 e. The molecule has 9 nitrogen and oxygen atoms in total. The van der Waals surface area contributed by atoms with Gasteiger partial charge in [0.05, 0.1) is 31.8 Å². The zero-order valence-electron chi connectivity index (χ0n) is 12.4. The van der Waals surface area contributed by atoms with Gasteiger partial charge in [-0.15, -0.1) is 5.10 Å². The van der Waals surface area contributed by atoms with Crippen molar-refractivity contribution in [3.05, 3.63) is 30.1 Å². The highest BCUT2D eigenvalue weighted by Gasteiger charge is 2.39. The zero-order valence-corrected chi connectivity index (χ0v) is 12.4. The van der Waals surface area contributed by atoms with Crippen molar-refractivity contribution in [3.8, 4) is 5.75 Å². The molecule has 1 fully saturated rings. The van der Waals surface area contributed by atoms with Gasteiger partial charge >= 0.3 is 0 Å². The van der Waals surface area contributed by atoms with Gasteiger partial charge in [0.15, 0.2) is 0 Å². The summed E-state index contributed by atoms with van der Waals surface area (Å²) in [6, 6.07) is 6.15. The minimum absolute atomic E-state index is 0.0917. The van der Waals surface area contributed by atoms with Crippen LogP contribution in [0.3, 0.4) is 0 Å². The Morgan fingerprint density at radius 3 is 2.74 bits per heavy atom. The highest BCUT2D eigenvalue weighted by molar-refractivity contribution is 6.22. The summed E-state index contributed by atoms with van der Waals surface area (Å²) < 4.78 is 5.07. The molecule has 9 heteroatoms. The lowest BCUT2D eigenvalue weighted by atomic mass is 10.2. The number of rotatable bonds is 5. The minimum Gasteiger partial charge on any atom is -0.497 e. The van der Waals surface area contributed by atoms with Crippen LogP contribution in [0, 0.1) is 0 Å². The van der Waals surface area contributed by atoms with Gasteiger partial charge < -0.3 is 10.5 Å². The Balaban J connectivity index is 1.69. The second kappa shape index (κ2) is 6.05. The van der Waals surface area contributed by atoms with E-state index in [0.29, 0.717) is 17.3 Å². The number of anilines is 2. The fraction of sp³-hybridized carbons (Fsp3) is 0.286. The first-order valence-electron chi connectivity index (χ1n) is 6.99. The number of imide groups is 1. The van der Waals surface area contributed by atoms with Crippen molar-refractivity contribution in [2.24, 2.45) is 0 Å². The summed E-state index contributed by atoms with van der Waals surface area (Å²) in [6.45, 7) is 0.268. The van der Waals surface area contributed by atoms with Crippen molar-refractivity contribution in [1.82, 2.24) is 20.5 Å². The molecule has 2 amide bonds. The number of nitrogens with zero attached hydrogens (tertiary/aromatic N) is 3. The topological polar surface area (TPSA) is 126 Å². The lowest BCUT2D eigenvalue weighted by Crippen LogP contribution is -2.38. The van der Waals surface area contributed by atoms with Gasteiger partial charge in [-0.1, -0.05) is 0 Å². The van der Waals surface area contributed by atoms with Gasteiger partial charge in [0.25, 0.3) is 5.91 Å². The number of nitrogens with two attached hydrogens (primary N) is 1.